The number of hydrogen-bond donors (Lipinski definition) is 0. The van der Waals surface area contributed by atoms with Crippen molar-refractivity contribution < 1.29 is 0 Å². The molecule has 1 saturated heterocycles. The average Bonchev–Trinajstić information content (AvgIpc) is 2.04. The molecule has 2 heteroatoms. The molecule has 13 heavy (non-hydrogen) atoms. The zero-order valence-electron chi connectivity index (χ0n) is 9.34. The summed E-state index contributed by atoms with van der Waals surface area (Å²) in [5, 5.41) is 0. The fourth-order valence-electron chi connectivity index (χ4n) is 2.21. The smallest absolute Gasteiger partial charge is 0.0670 e. The molecule has 1 rings (SSSR count). The highest BCUT2D eigenvalue weighted by Gasteiger charge is 2.28. The van der Waals surface area contributed by atoms with Gasteiger partial charge >= 0.3 is 0 Å². The van der Waals surface area contributed by atoms with Crippen molar-refractivity contribution in [2.24, 2.45) is 11.3 Å². The molecule has 0 unspecified atom stereocenters. The molecule has 0 spiro atoms. The molecule has 0 atom stereocenters. The van der Waals surface area contributed by atoms with Gasteiger partial charge < -0.3 is 4.90 Å². The lowest BCUT2D eigenvalue weighted by Gasteiger charge is -2.38. The van der Waals surface area contributed by atoms with E-state index in [0.29, 0.717) is 5.41 Å². The molecule has 1 aliphatic rings. The van der Waals surface area contributed by atoms with E-state index >= 15 is 0 Å². The van der Waals surface area contributed by atoms with Crippen molar-refractivity contribution >= 4 is 7.85 Å². The first-order valence-corrected chi connectivity index (χ1v) is 5.46. The van der Waals surface area contributed by atoms with E-state index in [1.54, 1.807) is 0 Å². The first-order valence-electron chi connectivity index (χ1n) is 5.46. The summed E-state index contributed by atoms with van der Waals surface area (Å²) in [7, 11) is 5.54. The van der Waals surface area contributed by atoms with Crippen LogP contribution >= 0.6 is 0 Å². The fraction of sp³-hybridized carbons (Fsp3) is 1.00. The van der Waals surface area contributed by atoms with E-state index in [1.165, 1.54) is 25.9 Å². The Hall–Kier alpha value is 0.0249. The molecule has 0 aromatic rings. The van der Waals surface area contributed by atoms with Crippen LogP contribution < -0.4 is 0 Å². The van der Waals surface area contributed by atoms with Gasteiger partial charge in [-0.3, -0.25) is 0 Å². The van der Waals surface area contributed by atoms with E-state index in [0.717, 1.165) is 18.8 Å². The van der Waals surface area contributed by atoms with Gasteiger partial charge in [-0.15, -0.1) is 0 Å². The van der Waals surface area contributed by atoms with E-state index < -0.39 is 0 Å². The van der Waals surface area contributed by atoms with Crippen molar-refractivity contribution in [3.05, 3.63) is 0 Å². The summed E-state index contributed by atoms with van der Waals surface area (Å²) in [6.45, 7) is 10.7. The molecule has 74 valence electrons. The number of likely N-dealkylation sites (tertiary alicyclic amines) is 1. The number of piperidine rings is 1. The predicted octanol–water partition coefficient (Wildman–Crippen LogP) is 2.33. The van der Waals surface area contributed by atoms with Gasteiger partial charge in [0.2, 0.25) is 0 Å². The van der Waals surface area contributed by atoms with Crippen molar-refractivity contribution in [2.45, 2.75) is 39.9 Å². The van der Waals surface area contributed by atoms with Crippen LogP contribution in [0.5, 0.6) is 0 Å². The molecule has 2 radical (unpaired) electrons. The normalized spacial score (nSPS) is 22.1. The van der Waals surface area contributed by atoms with Gasteiger partial charge in [0, 0.05) is 0 Å². The van der Waals surface area contributed by atoms with Crippen molar-refractivity contribution in [2.75, 3.05) is 19.6 Å². The largest absolute Gasteiger partial charge is 0.304 e. The molecule has 1 heterocycles. The molecule has 1 aliphatic heterocycles. The Morgan fingerprint density at radius 3 is 2.15 bits per heavy atom. The molecular formula is C11H22BN. The van der Waals surface area contributed by atoms with Crippen LogP contribution in [-0.2, 0) is 0 Å². The van der Waals surface area contributed by atoms with Crippen LogP contribution in [0.2, 0.25) is 6.32 Å². The molecule has 0 amide bonds. The quantitative estimate of drug-likeness (QED) is 0.588. The van der Waals surface area contributed by atoms with Gasteiger partial charge in [-0.05, 0) is 43.8 Å². The zero-order chi connectivity index (χ0) is 9.90. The van der Waals surface area contributed by atoms with Gasteiger partial charge in [0.1, 0.15) is 0 Å². The van der Waals surface area contributed by atoms with E-state index in [9.17, 15) is 0 Å². The summed E-state index contributed by atoms with van der Waals surface area (Å²) in [5.41, 5.74) is 0.495. The Balaban J connectivity index is 2.30. The van der Waals surface area contributed by atoms with Gasteiger partial charge in [-0.25, -0.2) is 0 Å². The Morgan fingerprint density at radius 1 is 1.23 bits per heavy atom. The third-order valence-electron chi connectivity index (χ3n) is 3.26. The van der Waals surface area contributed by atoms with E-state index in [4.69, 9.17) is 7.85 Å². The third kappa shape index (κ3) is 3.34. The van der Waals surface area contributed by atoms with Gasteiger partial charge in [0.05, 0.1) is 7.85 Å². The van der Waals surface area contributed by atoms with Crippen LogP contribution in [0.4, 0.5) is 0 Å². The Kier molecular flexibility index (Phi) is 3.84. The predicted molar refractivity (Wildman–Crippen MR) is 59.2 cm³/mol. The van der Waals surface area contributed by atoms with Crippen LogP contribution in [0, 0.1) is 11.3 Å². The highest BCUT2D eigenvalue weighted by molar-refractivity contribution is 6.08. The second-order valence-corrected chi connectivity index (χ2v) is 5.27. The maximum Gasteiger partial charge on any atom is 0.0670 e. The highest BCUT2D eigenvalue weighted by atomic mass is 15.1. The Bertz CT molecular complexity index is 143. The third-order valence-corrected chi connectivity index (χ3v) is 3.26. The summed E-state index contributed by atoms with van der Waals surface area (Å²) in [5.74, 6) is 0.904. The molecule has 0 aromatic carbocycles. The first kappa shape index (κ1) is 11.1. The van der Waals surface area contributed by atoms with Crippen LogP contribution in [-0.4, -0.2) is 32.4 Å². The van der Waals surface area contributed by atoms with E-state index in [1.807, 2.05) is 0 Å². The lowest BCUT2D eigenvalue weighted by Crippen LogP contribution is -2.38. The molecule has 1 nitrogen and oxygen atoms in total. The topological polar surface area (TPSA) is 3.24 Å². The summed E-state index contributed by atoms with van der Waals surface area (Å²) in [4.78, 5) is 2.49. The monoisotopic (exact) mass is 179 g/mol. The van der Waals surface area contributed by atoms with Gasteiger partial charge in [0.15, 0.2) is 0 Å². The standard InChI is InChI=1S/C11H22BN/c1-11(2,3)10-4-7-13(8-5-10)9-6-12/h10H,4-9H2,1-3H3. The summed E-state index contributed by atoms with van der Waals surface area (Å²) in [6, 6.07) is 0. The minimum Gasteiger partial charge on any atom is -0.304 e. The fourth-order valence-corrected chi connectivity index (χ4v) is 2.21. The summed E-state index contributed by atoms with van der Waals surface area (Å²) in [6.07, 6.45) is 3.51. The van der Waals surface area contributed by atoms with Crippen LogP contribution in [0.1, 0.15) is 33.6 Å². The molecule has 1 fully saturated rings. The molecular weight excluding hydrogens is 157 g/mol. The highest BCUT2D eigenvalue weighted by Crippen LogP contribution is 2.34. The minimum absolute atomic E-state index is 0.495. The number of hydrogen-bond acceptors (Lipinski definition) is 1. The Labute approximate surface area is 84.3 Å². The van der Waals surface area contributed by atoms with Gasteiger partial charge in [-0.1, -0.05) is 27.1 Å². The summed E-state index contributed by atoms with van der Waals surface area (Å²) >= 11 is 0. The number of rotatable bonds is 2. The van der Waals surface area contributed by atoms with Crippen LogP contribution in [0.3, 0.4) is 0 Å². The van der Waals surface area contributed by atoms with Gasteiger partial charge in [-0.2, -0.15) is 0 Å². The number of nitrogens with zero attached hydrogens (tertiary/aromatic N) is 1. The average molecular weight is 179 g/mol. The molecule has 0 N–H and O–H groups in total. The van der Waals surface area contributed by atoms with Gasteiger partial charge in [0.25, 0.3) is 0 Å². The van der Waals surface area contributed by atoms with E-state index in [-0.39, 0.29) is 0 Å². The zero-order valence-corrected chi connectivity index (χ0v) is 9.34. The maximum absolute atomic E-state index is 5.54. The minimum atomic E-state index is 0.495. The second-order valence-electron chi connectivity index (χ2n) is 5.27. The molecule has 0 saturated carbocycles. The van der Waals surface area contributed by atoms with Crippen molar-refractivity contribution in [3.8, 4) is 0 Å². The first-order chi connectivity index (χ1) is 6.04. The van der Waals surface area contributed by atoms with Crippen LogP contribution in [0.15, 0.2) is 0 Å². The maximum atomic E-state index is 5.54. The van der Waals surface area contributed by atoms with Crippen molar-refractivity contribution in [3.63, 3.8) is 0 Å². The molecule has 0 bridgehead atoms. The van der Waals surface area contributed by atoms with Crippen molar-refractivity contribution in [1.82, 2.24) is 4.90 Å². The molecule has 0 aromatic heterocycles. The van der Waals surface area contributed by atoms with E-state index in [2.05, 4.69) is 25.7 Å². The summed E-state index contributed by atoms with van der Waals surface area (Å²) < 4.78 is 0. The lowest BCUT2D eigenvalue weighted by atomic mass is 9.75. The Morgan fingerprint density at radius 2 is 1.77 bits per heavy atom. The SMILES string of the molecule is [B]CCN1CCC(C(C)(C)C)CC1. The van der Waals surface area contributed by atoms with Crippen LogP contribution in [0.25, 0.3) is 0 Å². The van der Waals surface area contributed by atoms with Crippen molar-refractivity contribution in [1.29, 1.82) is 0 Å². The lowest BCUT2D eigenvalue weighted by molar-refractivity contribution is 0.116. The molecule has 0 aliphatic carbocycles. The second kappa shape index (κ2) is 4.50.